The molecule has 2 aromatic rings. The second kappa shape index (κ2) is 5.69. The lowest BCUT2D eigenvalue weighted by Crippen LogP contribution is -2.23. The van der Waals surface area contributed by atoms with Gasteiger partial charge in [0.1, 0.15) is 0 Å². The quantitative estimate of drug-likeness (QED) is 0.691. The van der Waals surface area contributed by atoms with Gasteiger partial charge in [0, 0.05) is 12.2 Å². The van der Waals surface area contributed by atoms with Gasteiger partial charge in [0.2, 0.25) is 0 Å². The Kier molecular flexibility index (Phi) is 3.87. The molecule has 0 fully saturated rings. The van der Waals surface area contributed by atoms with Crippen molar-refractivity contribution in [1.29, 1.82) is 0 Å². The summed E-state index contributed by atoms with van der Waals surface area (Å²) in [6.07, 6.45) is 1.58. The molecule has 3 rings (SSSR count). The molecule has 1 aromatic heterocycles. The number of carbonyl (C=O) groups is 1. The van der Waals surface area contributed by atoms with Crippen molar-refractivity contribution >= 4 is 23.1 Å². The monoisotopic (exact) mass is 313 g/mol. The molecule has 3 nitrogen and oxygen atoms in total. The third-order valence-corrected chi connectivity index (χ3v) is 4.81. The van der Waals surface area contributed by atoms with Gasteiger partial charge in [0.05, 0.1) is 16.5 Å². The molecule has 0 spiro atoms. The first-order valence-electron chi connectivity index (χ1n) is 7.53. The van der Waals surface area contributed by atoms with Crippen LogP contribution in [0, 0.1) is 13.8 Å². The minimum atomic E-state index is -0.744. The molecule has 1 aliphatic heterocycles. The van der Waals surface area contributed by atoms with E-state index < -0.39 is 11.9 Å². The van der Waals surface area contributed by atoms with E-state index in [0.717, 1.165) is 40.3 Å². The van der Waals surface area contributed by atoms with Crippen molar-refractivity contribution in [2.24, 2.45) is 0 Å². The molecule has 4 heteroatoms. The Morgan fingerprint density at radius 2 is 1.95 bits per heavy atom. The molecule has 1 aliphatic rings. The highest BCUT2D eigenvalue weighted by atomic mass is 32.1. The number of fused-ring (bicyclic) bond motifs is 1. The van der Waals surface area contributed by atoms with Gasteiger partial charge in [-0.15, -0.1) is 0 Å². The lowest BCUT2D eigenvalue weighted by molar-refractivity contribution is -0.139. The zero-order chi connectivity index (χ0) is 15.9. The molecule has 0 bridgehead atoms. The third-order valence-electron chi connectivity index (χ3n) is 4.38. The van der Waals surface area contributed by atoms with Crippen LogP contribution in [0.3, 0.4) is 0 Å². The van der Waals surface area contributed by atoms with E-state index in [0.29, 0.717) is 6.42 Å². The number of carboxylic acids is 1. The van der Waals surface area contributed by atoms with Crippen LogP contribution in [0.15, 0.2) is 30.3 Å². The zero-order valence-corrected chi connectivity index (χ0v) is 13.6. The summed E-state index contributed by atoms with van der Waals surface area (Å²) in [7, 11) is 0. The van der Waals surface area contributed by atoms with Crippen molar-refractivity contribution in [2.75, 3.05) is 0 Å². The van der Waals surface area contributed by atoms with Gasteiger partial charge in [-0.2, -0.15) is 0 Å². The van der Waals surface area contributed by atoms with Crippen LogP contribution in [-0.2, 0) is 11.3 Å². The third kappa shape index (κ3) is 2.48. The summed E-state index contributed by atoms with van der Waals surface area (Å²) in [6.45, 7) is 4.91. The molecule has 0 saturated heterocycles. The summed E-state index contributed by atoms with van der Waals surface area (Å²) in [5, 5.41) is 9.43. The summed E-state index contributed by atoms with van der Waals surface area (Å²) in [6, 6.07) is 10.2. The van der Waals surface area contributed by atoms with Gasteiger partial charge >= 0.3 is 5.97 Å². The largest absolute Gasteiger partial charge is 0.481 e. The number of hydrogen-bond donors (Lipinski definition) is 1. The number of nitrogens with zero attached hydrogens (tertiary/aromatic N) is 1. The fraction of sp³-hybridized carbons (Fsp3) is 0.333. The van der Waals surface area contributed by atoms with Crippen molar-refractivity contribution in [1.82, 2.24) is 4.57 Å². The highest BCUT2D eigenvalue weighted by Gasteiger charge is 2.30. The molecular weight excluding hydrogens is 294 g/mol. The number of benzene rings is 1. The van der Waals surface area contributed by atoms with Gasteiger partial charge < -0.3 is 9.67 Å². The number of aliphatic carboxylic acids is 1. The lowest BCUT2D eigenvalue weighted by Gasteiger charge is -2.23. The Labute approximate surface area is 135 Å². The van der Waals surface area contributed by atoms with Gasteiger partial charge in [-0.25, -0.2) is 0 Å². The van der Waals surface area contributed by atoms with Gasteiger partial charge in [-0.3, -0.25) is 4.79 Å². The van der Waals surface area contributed by atoms with Crippen LogP contribution in [0.2, 0.25) is 0 Å². The second-order valence-electron chi connectivity index (χ2n) is 5.98. The molecule has 114 valence electrons. The van der Waals surface area contributed by atoms with E-state index in [1.165, 1.54) is 5.56 Å². The van der Waals surface area contributed by atoms with E-state index in [2.05, 4.69) is 23.6 Å². The van der Waals surface area contributed by atoms with Crippen molar-refractivity contribution in [3.8, 4) is 0 Å². The maximum atomic E-state index is 11.5. The number of rotatable bonds is 3. The van der Waals surface area contributed by atoms with Crippen molar-refractivity contribution in [3.05, 3.63) is 58.4 Å². The Morgan fingerprint density at radius 3 is 2.59 bits per heavy atom. The van der Waals surface area contributed by atoms with Crippen LogP contribution in [0.4, 0.5) is 0 Å². The summed E-state index contributed by atoms with van der Waals surface area (Å²) in [4.78, 5) is 12.3. The fourth-order valence-electron chi connectivity index (χ4n) is 3.23. The molecule has 0 amide bonds. The number of carboxylic acid groups (broad SMARTS) is 1. The van der Waals surface area contributed by atoms with Crippen LogP contribution in [0.1, 0.15) is 46.8 Å². The predicted molar refractivity (Wildman–Crippen MR) is 90.8 cm³/mol. The van der Waals surface area contributed by atoms with Crippen molar-refractivity contribution in [3.63, 3.8) is 0 Å². The predicted octanol–water partition coefficient (Wildman–Crippen LogP) is 3.83. The normalized spacial score (nSPS) is 17.1. The highest BCUT2D eigenvalue weighted by Crippen LogP contribution is 2.33. The minimum absolute atomic E-state index is 0.415. The Bertz CT molecular complexity index is 743. The average Bonchev–Trinajstić information content (AvgIpc) is 2.82. The zero-order valence-electron chi connectivity index (χ0n) is 12.8. The summed E-state index contributed by atoms with van der Waals surface area (Å²) in [5.41, 5.74) is 5.17. The number of hydrogen-bond acceptors (Lipinski definition) is 2. The molecule has 0 saturated carbocycles. The molecule has 22 heavy (non-hydrogen) atoms. The summed E-state index contributed by atoms with van der Waals surface area (Å²) < 4.78 is 2.11. The van der Waals surface area contributed by atoms with E-state index in [1.807, 2.05) is 25.1 Å². The lowest BCUT2D eigenvalue weighted by atomic mass is 9.96. The smallest absolute Gasteiger partial charge is 0.312 e. The highest BCUT2D eigenvalue weighted by molar-refractivity contribution is 7.81. The fourth-order valence-corrected chi connectivity index (χ4v) is 3.64. The van der Waals surface area contributed by atoms with E-state index >= 15 is 0 Å². The van der Waals surface area contributed by atoms with E-state index in [9.17, 15) is 9.90 Å². The maximum absolute atomic E-state index is 11.5. The molecule has 0 radical (unpaired) electrons. The molecule has 1 N–H and O–H groups in total. The Hall–Kier alpha value is -1.94. The van der Waals surface area contributed by atoms with E-state index in [4.69, 9.17) is 12.2 Å². The van der Waals surface area contributed by atoms with Crippen LogP contribution in [0.25, 0.3) is 0 Å². The summed E-state index contributed by atoms with van der Waals surface area (Å²) >= 11 is 5.69. The molecular formula is C18H19NO2S. The van der Waals surface area contributed by atoms with Crippen LogP contribution in [0.5, 0.6) is 0 Å². The standard InChI is InChI=1S/C18H19NO2S/c1-11-5-7-13(8-6-11)17(22)16-12(2)10-15-14(18(20)21)4-3-9-19(15)16/h5-8,10,14H,3-4,9H2,1-2H3,(H,20,21). The van der Waals surface area contributed by atoms with E-state index in [-0.39, 0.29) is 0 Å². The topological polar surface area (TPSA) is 42.2 Å². The van der Waals surface area contributed by atoms with Gasteiger partial charge in [-0.1, -0.05) is 42.0 Å². The van der Waals surface area contributed by atoms with Crippen molar-refractivity contribution in [2.45, 2.75) is 39.2 Å². The second-order valence-corrected chi connectivity index (χ2v) is 6.39. The molecule has 1 unspecified atom stereocenters. The molecule has 2 heterocycles. The first-order valence-corrected chi connectivity index (χ1v) is 7.94. The first-order chi connectivity index (χ1) is 10.5. The molecule has 0 aliphatic carbocycles. The number of aromatic nitrogens is 1. The summed E-state index contributed by atoms with van der Waals surface area (Å²) in [5.74, 6) is -1.16. The van der Waals surface area contributed by atoms with Crippen molar-refractivity contribution < 1.29 is 9.90 Å². The minimum Gasteiger partial charge on any atom is -0.481 e. The number of thiocarbonyl (C=S) groups is 1. The van der Waals surface area contributed by atoms with Gasteiger partial charge in [0.25, 0.3) is 0 Å². The molecule has 1 atom stereocenters. The number of aryl methyl sites for hydroxylation is 2. The first kappa shape index (κ1) is 15.0. The van der Waals surface area contributed by atoms with Gasteiger partial charge in [0.15, 0.2) is 0 Å². The SMILES string of the molecule is Cc1ccc(C(=S)c2c(C)cc3n2CCCC3C(=O)O)cc1. The Balaban J connectivity index is 2.07. The van der Waals surface area contributed by atoms with Crippen LogP contribution >= 0.6 is 12.2 Å². The maximum Gasteiger partial charge on any atom is 0.312 e. The van der Waals surface area contributed by atoms with Gasteiger partial charge in [-0.05, 0) is 43.9 Å². The Morgan fingerprint density at radius 1 is 1.27 bits per heavy atom. The average molecular weight is 313 g/mol. The van der Waals surface area contributed by atoms with Crippen LogP contribution in [-0.4, -0.2) is 20.5 Å². The van der Waals surface area contributed by atoms with E-state index in [1.54, 1.807) is 0 Å². The van der Waals surface area contributed by atoms with Crippen LogP contribution < -0.4 is 0 Å². The molecule has 1 aromatic carbocycles.